The minimum atomic E-state index is -3.46. The van der Waals surface area contributed by atoms with Crippen LogP contribution in [0.2, 0.25) is 0 Å². The Morgan fingerprint density at radius 2 is 2.17 bits per heavy atom. The first-order chi connectivity index (χ1) is 8.37. The summed E-state index contributed by atoms with van der Waals surface area (Å²) in [4.78, 5) is 11.2. The highest BCUT2D eigenvalue weighted by Crippen LogP contribution is 2.14. The van der Waals surface area contributed by atoms with Gasteiger partial charge in [0, 0.05) is 39.5 Å². The number of aryl methyl sites for hydroxylation is 1. The van der Waals surface area contributed by atoms with Crippen LogP contribution in [0.3, 0.4) is 0 Å². The Morgan fingerprint density at radius 1 is 1.50 bits per heavy atom. The van der Waals surface area contributed by atoms with Crippen molar-refractivity contribution >= 4 is 16.0 Å². The fourth-order valence-electron chi connectivity index (χ4n) is 1.48. The smallest absolute Gasteiger partial charge is 0.305 e. The van der Waals surface area contributed by atoms with E-state index in [4.69, 9.17) is 0 Å². The quantitative estimate of drug-likeness (QED) is 0.712. The van der Waals surface area contributed by atoms with E-state index in [0.29, 0.717) is 6.42 Å². The molecule has 7 heteroatoms. The third-order valence-electron chi connectivity index (χ3n) is 2.59. The summed E-state index contributed by atoms with van der Waals surface area (Å²) in [6.45, 7) is 0.284. The predicted molar refractivity (Wildman–Crippen MR) is 66.5 cm³/mol. The van der Waals surface area contributed by atoms with Crippen molar-refractivity contribution in [3.63, 3.8) is 0 Å². The van der Waals surface area contributed by atoms with Crippen molar-refractivity contribution in [1.82, 2.24) is 8.87 Å². The van der Waals surface area contributed by atoms with Crippen molar-refractivity contribution in [2.75, 3.05) is 20.7 Å². The molecule has 0 aliphatic carbocycles. The molecule has 0 bridgehead atoms. The van der Waals surface area contributed by atoms with Crippen molar-refractivity contribution in [3.8, 4) is 0 Å². The molecule has 0 aliphatic rings. The first kappa shape index (κ1) is 14.7. The van der Waals surface area contributed by atoms with Gasteiger partial charge in [0.05, 0.1) is 12.0 Å². The maximum Gasteiger partial charge on any atom is 0.305 e. The van der Waals surface area contributed by atoms with Crippen molar-refractivity contribution in [1.29, 1.82) is 0 Å². The second-order valence-electron chi connectivity index (χ2n) is 4.02. The van der Waals surface area contributed by atoms with Crippen LogP contribution in [0, 0.1) is 0 Å². The van der Waals surface area contributed by atoms with Gasteiger partial charge in [-0.1, -0.05) is 0 Å². The third kappa shape index (κ3) is 3.58. The highest BCUT2D eigenvalue weighted by Gasteiger charge is 2.21. The number of hydrogen-bond acceptors (Lipinski definition) is 4. The lowest BCUT2D eigenvalue weighted by Gasteiger charge is -2.15. The van der Waals surface area contributed by atoms with Gasteiger partial charge in [0.2, 0.25) is 10.0 Å². The lowest BCUT2D eigenvalue weighted by Crippen LogP contribution is -2.28. The van der Waals surface area contributed by atoms with Crippen LogP contribution in [0.1, 0.15) is 12.8 Å². The highest BCUT2D eigenvalue weighted by atomic mass is 32.2. The Hall–Kier alpha value is -1.34. The van der Waals surface area contributed by atoms with E-state index in [2.05, 4.69) is 4.74 Å². The zero-order valence-electron chi connectivity index (χ0n) is 10.8. The molecule has 1 rings (SSSR count). The number of rotatable bonds is 6. The van der Waals surface area contributed by atoms with Crippen molar-refractivity contribution in [2.45, 2.75) is 17.7 Å². The lowest BCUT2D eigenvalue weighted by atomic mass is 10.3. The third-order valence-corrected chi connectivity index (χ3v) is 4.43. The summed E-state index contributed by atoms with van der Waals surface area (Å²) in [6.07, 6.45) is 3.88. The zero-order valence-corrected chi connectivity index (χ0v) is 11.6. The standard InChI is InChI=1S/C11H18N2O4S/c1-12-8-6-10(9-12)18(15,16)13(2)7-4-5-11(14)17-3/h6,8-9H,4-5,7H2,1-3H3. The topological polar surface area (TPSA) is 68.6 Å². The number of ether oxygens (including phenoxy) is 1. The summed E-state index contributed by atoms with van der Waals surface area (Å²) in [7, 11) is 1.11. The van der Waals surface area contributed by atoms with E-state index in [-0.39, 0.29) is 23.8 Å². The highest BCUT2D eigenvalue weighted by molar-refractivity contribution is 7.89. The minimum absolute atomic E-state index is 0.213. The molecule has 18 heavy (non-hydrogen) atoms. The van der Waals surface area contributed by atoms with E-state index in [9.17, 15) is 13.2 Å². The molecule has 1 aromatic heterocycles. The Bertz CT molecular complexity index is 507. The van der Waals surface area contributed by atoms with Crippen molar-refractivity contribution in [2.24, 2.45) is 7.05 Å². The fourth-order valence-corrected chi connectivity index (χ4v) is 2.74. The lowest BCUT2D eigenvalue weighted by molar-refractivity contribution is -0.140. The number of aromatic nitrogens is 1. The van der Waals surface area contributed by atoms with Gasteiger partial charge in [0.15, 0.2) is 0 Å². The largest absolute Gasteiger partial charge is 0.469 e. The zero-order chi connectivity index (χ0) is 13.8. The van der Waals surface area contributed by atoms with Gasteiger partial charge >= 0.3 is 5.97 Å². The summed E-state index contributed by atoms with van der Waals surface area (Å²) in [6, 6.07) is 1.55. The van der Waals surface area contributed by atoms with Crippen LogP contribution >= 0.6 is 0 Å². The number of methoxy groups -OCH3 is 1. The Kier molecular flexibility index (Phi) is 4.92. The van der Waals surface area contributed by atoms with Gasteiger partial charge in [0.25, 0.3) is 0 Å². The van der Waals surface area contributed by atoms with Crippen molar-refractivity contribution in [3.05, 3.63) is 18.5 Å². The molecule has 1 heterocycles. The molecule has 0 fully saturated rings. The van der Waals surface area contributed by atoms with Gasteiger partial charge in [0.1, 0.15) is 0 Å². The van der Waals surface area contributed by atoms with Crippen LogP contribution in [0.5, 0.6) is 0 Å². The molecule has 0 amide bonds. The van der Waals surface area contributed by atoms with E-state index in [1.165, 1.54) is 18.5 Å². The van der Waals surface area contributed by atoms with E-state index in [1.807, 2.05) is 0 Å². The van der Waals surface area contributed by atoms with Crippen LogP contribution in [-0.2, 0) is 26.6 Å². The monoisotopic (exact) mass is 274 g/mol. The molecule has 1 aromatic rings. The SMILES string of the molecule is COC(=O)CCCN(C)S(=O)(=O)c1ccn(C)c1. The van der Waals surface area contributed by atoms with Crippen molar-refractivity contribution < 1.29 is 17.9 Å². The molecule has 0 aromatic carbocycles. The van der Waals surface area contributed by atoms with Gasteiger partial charge < -0.3 is 9.30 Å². The molecule has 0 unspecified atom stereocenters. The van der Waals surface area contributed by atoms with Crippen LogP contribution in [0.4, 0.5) is 0 Å². The Labute approximate surface area is 107 Å². The van der Waals surface area contributed by atoms with E-state index >= 15 is 0 Å². The number of carbonyl (C=O) groups excluding carboxylic acids is 1. The molecule has 102 valence electrons. The number of nitrogens with zero attached hydrogens (tertiary/aromatic N) is 2. The Balaban J connectivity index is 2.60. The average Bonchev–Trinajstić information content (AvgIpc) is 2.76. The van der Waals surface area contributed by atoms with Gasteiger partial charge in [-0.3, -0.25) is 4.79 Å². The number of hydrogen-bond donors (Lipinski definition) is 0. The normalized spacial score (nSPS) is 11.8. The minimum Gasteiger partial charge on any atom is -0.469 e. The number of carbonyl (C=O) groups is 1. The molecule has 0 radical (unpaired) electrons. The maximum absolute atomic E-state index is 12.1. The maximum atomic E-state index is 12.1. The summed E-state index contributed by atoms with van der Waals surface area (Å²) >= 11 is 0. The predicted octanol–water partition coefficient (Wildman–Crippen LogP) is 0.599. The summed E-state index contributed by atoms with van der Waals surface area (Å²) < 4.78 is 31.6. The van der Waals surface area contributed by atoms with Crippen LogP contribution < -0.4 is 0 Å². The molecule has 0 spiro atoms. The molecule has 0 aliphatic heterocycles. The molecular formula is C11H18N2O4S. The fraction of sp³-hybridized carbons (Fsp3) is 0.545. The molecule has 0 N–H and O–H groups in total. The van der Waals surface area contributed by atoms with Crippen LogP contribution in [0.15, 0.2) is 23.4 Å². The number of esters is 1. The number of sulfonamides is 1. The molecule has 6 nitrogen and oxygen atoms in total. The van der Waals surface area contributed by atoms with Gasteiger partial charge in [-0.15, -0.1) is 0 Å². The average molecular weight is 274 g/mol. The van der Waals surface area contributed by atoms with Gasteiger partial charge in [-0.2, -0.15) is 0 Å². The Morgan fingerprint density at radius 3 is 2.67 bits per heavy atom. The molecule has 0 atom stereocenters. The molecule has 0 saturated carbocycles. The van der Waals surface area contributed by atoms with Crippen LogP contribution in [-0.4, -0.2) is 44.0 Å². The molecule has 0 saturated heterocycles. The van der Waals surface area contributed by atoms with E-state index in [1.54, 1.807) is 30.1 Å². The van der Waals surface area contributed by atoms with Crippen LogP contribution in [0.25, 0.3) is 0 Å². The second-order valence-corrected chi connectivity index (χ2v) is 6.06. The van der Waals surface area contributed by atoms with E-state index in [0.717, 1.165) is 0 Å². The summed E-state index contributed by atoms with van der Waals surface area (Å²) in [5.74, 6) is -0.333. The second kappa shape index (κ2) is 6.01. The van der Waals surface area contributed by atoms with Gasteiger partial charge in [-0.05, 0) is 12.5 Å². The van der Waals surface area contributed by atoms with E-state index < -0.39 is 10.0 Å². The van der Waals surface area contributed by atoms with Gasteiger partial charge in [-0.25, -0.2) is 12.7 Å². The summed E-state index contributed by atoms with van der Waals surface area (Å²) in [5, 5.41) is 0. The first-order valence-electron chi connectivity index (χ1n) is 5.53. The molecular weight excluding hydrogens is 256 g/mol. The summed E-state index contributed by atoms with van der Waals surface area (Å²) in [5.41, 5.74) is 0. The first-order valence-corrected chi connectivity index (χ1v) is 6.97.